The lowest BCUT2D eigenvalue weighted by atomic mass is 9.82. The van der Waals surface area contributed by atoms with Gasteiger partial charge >= 0.3 is 0 Å². The van der Waals surface area contributed by atoms with Gasteiger partial charge in [-0.2, -0.15) is 5.26 Å². The van der Waals surface area contributed by atoms with Gasteiger partial charge in [-0.25, -0.2) is 8.42 Å². The van der Waals surface area contributed by atoms with Crippen molar-refractivity contribution in [2.24, 2.45) is 0 Å². The Kier molecular flexibility index (Phi) is 5.30. The number of nitrogens with zero attached hydrogens (tertiary/aromatic N) is 1. The molecule has 0 saturated carbocycles. The summed E-state index contributed by atoms with van der Waals surface area (Å²) in [4.78, 5) is 0.235. The molecule has 0 aliphatic carbocycles. The summed E-state index contributed by atoms with van der Waals surface area (Å²) in [5, 5.41) is 8.66. The van der Waals surface area contributed by atoms with Gasteiger partial charge in [0.15, 0.2) is 0 Å². The van der Waals surface area contributed by atoms with Gasteiger partial charge in [-0.1, -0.05) is 45.0 Å². The molecule has 2 aromatic rings. The van der Waals surface area contributed by atoms with Crippen LogP contribution in [-0.4, -0.2) is 8.42 Å². The Labute approximate surface area is 144 Å². The van der Waals surface area contributed by atoms with Gasteiger partial charge < -0.3 is 0 Å². The summed E-state index contributed by atoms with van der Waals surface area (Å²) in [5.41, 5.74) is 2.47. The first-order valence-electron chi connectivity index (χ1n) is 7.88. The van der Waals surface area contributed by atoms with E-state index in [0.29, 0.717) is 12.1 Å². The molecule has 0 amide bonds. The van der Waals surface area contributed by atoms with Crippen LogP contribution in [0, 0.1) is 11.3 Å². The first-order chi connectivity index (χ1) is 11.3. The van der Waals surface area contributed by atoms with E-state index in [1.54, 1.807) is 36.4 Å². The van der Waals surface area contributed by atoms with Gasteiger partial charge in [-0.05, 0) is 47.2 Å². The third-order valence-electron chi connectivity index (χ3n) is 4.32. The minimum absolute atomic E-state index is 0.0201. The highest BCUT2D eigenvalue weighted by Gasteiger charge is 2.20. The molecule has 5 heteroatoms. The van der Waals surface area contributed by atoms with Crippen molar-refractivity contribution < 1.29 is 8.42 Å². The Balaban J connectivity index is 2.20. The predicted molar refractivity (Wildman–Crippen MR) is 96.3 cm³/mol. The SMILES string of the molecule is CCC(C)(C)c1ccc(S(=O)(=O)Nc2ccc(CC#N)cc2)cc1. The maximum absolute atomic E-state index is 12.5. The Morgan fingerprint density at radius 2 is 1.62 bits per heavy atom. The summed E-state index contributed by atoms with van der Waals surface area (Å²) in [7, 11) is -3.62. The number of rotatable bonds is 6. The van der Waals surface area contributed by atoms with E-state index in [4.69, 9.17) is 5.26 Å². The van der Waals surface area contributed by atoms with Crippen LogP contribution in [0.5, 0.6) is 0 Å². The van der Waals surface area contributed by atoms with Crippen LogP contribution in [0.15, 0.2) is 53.4 Å². The lowest BCUT2D eigenvalue weighted by Crippen LogP contribution is -2.16. The van der Waals surface area contributed by atoms with Crippen molar-refractivity contribution in [3.05, 3.63) is 59.7 Å². The summed E-state index contributed by atoms with van der Waals surface area (Å²) in [6.07, 6.45) is 1.29. The van der Waals surface area contributed by atoms with Gasteiger partial charge in [0.2, 0.25) is 0 Å². The second-order valence-electron chi connectivity index (χ2n) is 6.40. The summed E-state index contributed by atoms with van der Waals surface area (Å²) in [6.45, 7) is 6.39. The highest BCUT2D eigenvalue weighted by molar-refractivity contribution is 7.92. The average molecular weight is 342 g/mol. The van der Waals surface area contributed by atoms with Crippen molar-refractivity contribution >= 4 is 15.7 Å². The second-order valence-corrected chi connectivity index (χ2v) is 8.08. The van der Waals surface area contributed by atoms with E-state index in [9.17, 15) is 8.42 Å². The van der Waals surface area contributed by atoms with Crippen molar-refractivity contribution in [3.63, 3.8) is 0 Å². The highest BCUT2D eigenvalue weighted by atomic mass is 32.2. The maximum atomic E-state index is 12.5. The van der Waals surface area contributed by atoms with Crippen LogP contribution >= 0.6 is 0 Å². The van der Waals surface area contributed by atoms with E-state index in [1.165, 1.54) is 0 Å². The minimum atomic E-state index is -3.62. The normalized spacial score (nSPS) is 11.8. The fourth-order valence-electron chi connectivity index (χ4n) is 2.29. The first kappa shape index (κ1) is 18.0. The summed E-state index contributed by atoms with van der Waals surface area (Å²) in [5.74, 6) is 0. The number of hydrogen-bond donors (Lipinski definition) is 1. The molecule has 0 atom stereocenters. The zero-order chi connectivity index (χ0) is 17.8. The molecule has 0 fully saturated rings. The first-order valence-corrected chi connectivity index (χ1v) is 9.36. The van der Waals surface area contributed by atoms with Gasteiger partial charge in [0.1, 0.15) is 0 Å². The molecule has 4 nitrogen and oxygen atoms in total. The standard InChI is InChI=1S/C19H22N2O2S/c1-4-19(2,3)16-7-11-18(12-8-16)24(22,23)21-17-9-5-15(6-10-17)13-14-20/h5-12,21H,4,13H2,1-3H3. The van der Waals surface area contributed by atoms with Gasteiger partial charge in [0, 0.05) is 5.69 Å². The number of nitriles is 1. The number of sulfonamides is 1. The van der Waals surface area contributed by atoms with Crippen molar-refractivity contribution in [3.8, 4) is 6.07 Å². The summed E-state index contributed by atoms with van der Waals surface area (Å²) < 4.78 is 27.5. The van der Waals surface area contributed by atoms with Gasteiger partial charge in [-0.3, -0.25) is 4.72 Å². The molecule has 2 rings (SSSR count). The van der Waals surface area contributed by atoms with Gasteiger partial charge in [0.25, 0.3) is 10.0 Å². The van der Waals surface area contributed by atoms with E-state index in [1.807, 2.05) is 12.1 Å². The molecule has 0 bridgehead atoms. The van der Waals surface area contributed by atoms with Crippen molar-refractivity contribution in [2.45, 2.75) is 43.9 Å². The van der Waals surface area contributed by atoms with Crippen molar-refractivity contribution in [2.75, 3.05) is 4.72 Å². The fourth-order valence-corrected chi connectivity index (χ4v) is 3.34. The van der Waals surface area contributed by atoms with Crippen molar-refractivity contribution in [1.29, 1.82) is 5.26 Å². The van der Waals surface area contributed by atoms with Crippen LogP contribution < -0.4 is 4.72 Å². The number of benzene rings is 2. The second kappa shape index (κ2) is 7.06. The molecule has 0 unspecified atom stereocenters. The summed E-state index contributed by atoms with van der Waals surface area (Å²) >= 11 is 0. The molecule has 0 saturated heterocycles. The predicted octanol–water partition coefficient (Wildman–Crippen LogP) is 4.24. The van der Waals surface area contributed by atoms with Crippen LogP contribution in [0.1, 0.15) is 38.3 Å². The highest BCUT2D eigenvalue weighted by Crippen LogP contribution is 2.27. The molecule has 0 aliphatic rings. The largest absolute Gasteiger partial charge is 0.280 e. The Hall–Kier alpha value is -2.32. The van der Waals surface area contributed by atoms with Crippen LogP contribution in [0.25, 0.3) is 0 Å². The molecular weight excluding hydrogens is 320 g/mol. The quantitative estimate of drug-likeness (QED) is 0.853. The Morgan fingerprint density at radius 1 is 1.04 bits per heavy atom. The molecule has 0 aromatic heterocycles. The molecule has 1 N–H and O–H groups in total. The Bertz CT molecular complexity index is 830. The van der Waals surface area contributed by atoms with Crippen LogP contribution in [0.2, 0.25) is 0 Å². The lowest BCUT2D eigenvalue weighted by Gasteiger charge is -2.23. The van der Waals surface area contributed by atoms with Gasteiger partial charge in [0.05, 0.1) is 17.4 Å². The lowest BCUT2D eigenvalue weighted by molar-refractivity contribution is 0.506. The minimum Gasteiger partial charge on any atom is -0.280 e. The zero-order valence-electron chi connectivity index (χ0n) is 14.2. The number of anilines is 1. The molecule has 24 heavy (non-hydrogen) atoms. The molecule has 0 spiro atoms. The van der Waals surface area contributed by atoms with E-state index < -0.39 is 10.0 Å². The van der Waals surface area contributed by atoms with Crippen LogP contribution in [-0.2, 0) is 21.9 Å². The van der Waals surface area contributed by atoms with Crippen LogP contribution in [0.4, 0.5) is 5.69 Å². The monoisotopic (exact) mass is 342 g/mol. The third kappa shape index (κ3) is 4.15. The van der Waals surface area contributed by atoms with Crippen molar-refractivity contribution in [1.82, 2.24) is 0 Å². The number of nitrogens with one attached hydrogen (secondary N) is 1. The Morgan fingerprint density at radius 3 is 2.12 bits per heavy atom. The van der Waals surface area contributed by atoms with Crippen LogP contribution in [0.3, 0.4) is 0 Å². The van der Waals surface area contributed by atoms with E-state index >= 15 is 0 Å². The molecular formula is C19H22N2O2S. The van der Waals surface area contributed by atoms with E-state index in [-0.39, 0.29) is 10.3 Å². The fraction of sp³-hybridized carbons (Fsp3) is 0.316. The topological polar surface area (TPSA) is 70.0 Å². The molecule has 0 aliphatic heterocycles. The smallest absolute Gasteiger partial charge is 0.261 e. The van der Waals surface area contributed by atoms with E-state index in [0.717, 1.165) is 17.5 Å². The third-order valence-corrected chi connectivity index (χ3v) is 5.72. The zero-order valence-corrected chi connectivity index (χ0v) is 15.0. The van der Waals surface area contributed by atoms with Gasteiger partial charge in [-0.15, -0.1) is 0 Å². The average Bonchev–Trinajstić information content (AvgIpc) is 2.57. The van der Waals surface area contributed by atoms with E-state index in [2.05, 4.69) is 31.6 Å². The maximum Gasteiger partial charge on any atom is 0.261 e. The molecule has 0 heterocycles. The summed E-state index contributed by atoms with van der Waals surface area (Å²) in [6, 6.07) is 15.9. The molecule has 0 radical (unpaired) electrons. The molecule has 126 valence electrons. The number of hydrogen-bond acceptors (Lipinski definition) is 3. The molecule has 2 aromatic carbocycles.